The number of aryl methyl sites for hydroxylation is 2. The van der Waals surface area contributed by atoms with Gasteiger partial charge >= 0.3 is 0 Å². The Balaban J connectivity index is 1.51. The third kappa shape index (κ3) is 3.44. The number of rotatable bonds is 5. The molecule has 2 saturated heterocycles. The number of amides is 2. The zero-order valence-corrected chi connectivity index (χ0v) is 19.5. The maximum absolute atomic E-state index is 13.9. The number of likely N-dealkylation sites (tertiary alicyclic amines) is 2. The van der Waals surface area contributed by atoms with E-state index < -0.39 is 5.41 Å². The molecule has 172 valence electrons. The topological polar surface area (TPSA) is 84.5 Å². The second kappa shape index (κ2) is 7.74. The zero-order chi connectivity index (χ0) is 22.6. The smallest absolute Gasteiger partial charge is 0.259 e. The lowest BCUT2D eigenvalue weighted by atomic mass is 9.70. The standard InChI is InChI=1S/C24H33N5O3/c1-15(2)29-12-20(25-14-29)19-11-28(22(30)21-16(3)26-32-17(21)4)13-24(19)8-5-9-27(23(24)31)10-18-6-7-18/h12,14-15,18-19H,5-11,13H2,1-4H3/t19-,24-/m1/s1. The van der Waals surface area contributed by atoms with Gasteiger partial charge in [-0.3, -0.25) is 9.59 Å². The van der Waals surface area contributed by atoms with Crippen LogP contribution in [0.4, 0.5) is 0 Å². The highest BCUT2D eigenvalue weighted by atomic mass is 16.5. The molecular weight excluding hydrogens is 406 g/mol. The summed E-state index contributed by atoms with van der Waals surface area (Å²) in [6, 6.07) is 0.294. The van der Waals surface area contributed by atoms with Gasteiger partial charge in [0.2, 0.25) is 5.91 Å². The highest BCUT2D eigenvalue weighted by molar-refractivity contribution is 5.97. The summed E-state index contributed by atoms with van der Waals surface area (Å²) in [5, 5.41) is 3.97. The van der Waals surface area contributed by atoms with Crippen molar-refractivity contribution in [2.75, 3.05) is 26.2 Å². The number of nitrogens with zero attached hydrogens (tertiary/aromatic N) is 5. The predicted octanol–water partition coefficient (Wildman–Crippen LogP) is 3.33. The molecule has 8 nitrogen and oxygen atoms in total. The quantitative estimate of drug-likeness (QED) is 0.714. The minimum Gasteiger partial charge on any atom is -0.361 e. The largest absolute Gasteiger partial charge is 0.361 e. The highest BCUT2D eigenvalue weighted by Gasteiger charge is 2.57. The summed E-state index contributed by atoms with van der Waals surface area (Å²) < 4.78 is 7.34. The number of imidazole rings is 1. The van der Waals surface area contributed by atoms with Gasteiger partial charge in [0.15, 0.2) is 0 Å². The molecule has 0 aromatic carbocycles. The van der Waals surface area contributed by atoms with Crippen LogP contribution in [-0.4, -0.2) is 62.5 Å². The number of piperidine rings is 1. The van der Waals surface area contributed by atoms with Gasteiger partial charge in [0.05, 0.1) is 23.1 Å². The normalized spacial score (nSPS) is 26.0. The number of carbonyl (C=O) groups excluding carboxylic acids is 2. The van der Waals surface area contributed by atoms with Crippen molar-refractivity contribution in [3.05, 3.63) is 35.2 Å². The van der Waals surface area contributed by atoms with Gasteiger partial charge in [-0.15, -0.1) is 0 Å². The van der Waals surface area contributed by atoms with E-state index >= 15 is 0 Å². The molecule has 5 rings (SSSR count). The van der Waals surface area contributed by atoms with Gasteiger partial charge in [-0.05, 0) is 59.3 Å². The van der Waals surface area contributed by atoms with Crippen LogP contribution >= 0.6 is 0 Å². The Labute approximate surface area is 188 Å². The van der Waals surface area contributed by atoms with Crippen LogP contribution in [0.5, 0.6) is 0 Å². The molecule has 0 N–H and O–H groups in total. The van der Waals surface area contributed by atoms with Gasteiger partial charge in [0, 0.05) is 44.3 Å². The summed E-state index contributed by atoms with van der Waals surface area (Å²) in [5.41, 5.74) is 1.41. The summed E-state index contributed by atoms with van der Waals surface area (Å²) in [5.74, 6) is 1.17. The first-order chi connectivity index (χ1) is 15.3. The van der Waals surface area contributed by atoms with Crippen molar-refractivity contribution in [2.45, 2.75) is 65.3 Å². The second-order valence-corrected chi connectivity index (χ2v) is 10.2. The number of hydrogen-bond donors (Lipinski definition) is 0. The fourth-order valence-corrected chi connectivity index (χ4v) is 5.57. The zero-order valence-electron chi connectivity index (χ0n) is 19.5. The van der Waals surface area contributed by atoms with Crippen LogP contribution in [0.15, 0.2) is 17.0 Å². The number of hydrogen-bond acceptors (Lipinski definition) is 5. The minimum absolute atomic E-state index is 0.0986. The first kappa shape index (κ1) is 21.2. The van der Waals surface area contributed by atoms with Crippen LogP contribution in [0.1, 0.15) is 79.0 Å². The molecule has 2 aromatic heterocycles. The first-order valence-electron chi connectivity index (χ1n) is 11.8. The molecule has 4 heterocycles. The summed E-state index contributed by atoms with van der Waals surface area (Å²) in [4.78, 5) is 36.1. The Morgan fingerprint density at radius 2 is 2.09 bits per heavy atom. The highest BCUT2D eigenvalue weighted by Crippen LogP contribution is 2.50. The van der Waals surface area contributed by atoms with Crippen molar-refractivity contribution in [3.63, 3.8) is 0 Å². The molecular formula is C24H33N5O3. The molecule has 2 aromatic rings. The lowest BCUT2D eigenvalue weighted by Gasteiger charge is -2.42. The summed E-state index contributed by atoms with van der Waals surface area (Å²) in [6.45, 7) is 10.4. The predicted molar refractivity (Wildman–Crippen MR) is 118 cm³/mol. The van der Waals surface area contributed by atoms with Gasteiger partial charge in [-0.2, -0.15) is 0 Å². The Morgan fingerprint density at radius 3 is 2.72 bits per heavy atom. The third-order valence-electron chi connectivity index (χ3n) is 7.59. The fraction of sp³-hybridized carbons (Fsp3) is 0.667. The molecule has 0 bridgehead atoms. The third-order valence-corrected chi connectivity index (χ3v) is 7.59. The van der Waals surface area contributed by atoms with E-state index in [9.17, 15) is 9.59 Å². The molecule has 32 heavy (non-hydrogen) atoms. The van der Waals surface area contributed by atoms with E-state index in [1.54, 1.807) is 13.8 Å². The lowest BCUT2D eigenvalue weighted by Crippen LogP contribution is -2.53. The molecule has 1 saturated carbocycles. The Kier molecular flexibility index (Phi) is 5.13. The molecule has 2 atom stereocenters. The molecule has 2 aliphatic heterocycles. The van der Waals surface area contributed by atoms with Crippen LogP contribution in [-0.2, 0) is 4.79 Å². The average molecular weight is 440 g/mol. The van der Waals surface area contributed by atoms with E-state index in [0.29, 0.717) is 42.1 Å². The SMILES string of the molecule is Cc1noc(C)c1C(=O)N1C[C@H](c2cn(C(C)C)cn2)[C@@]2(CCCN(CC3CC3)C2=O)C1. The maximum atomic E-state index is 13.9. The molecule has 8 heteroatoms. The summed E-state index contributed by atoms with van der Waals surface area (Å²) in [7, 11) is 0. The van der Waals surface area contributed by atoms with Crippen molar-refractivity contribution in [1.82, 2.24) is 24.5 Å². The van der Waals surface area contributed by atoms with Gasteiger partial charge in [-0.1, -0.05) is 5.16 Å². The maximum Gasteiger partial charge on any atom is 0.259 e. The van der Waals surface area contributed by atoms with E-state index in [0.717, 1.165) is 31.6 Å². The van der Waals surface area contributed by atoms with Crippen LogP contribution in [0.25, 0.3) is 0 Å². The van der Waals surface area contributed by atoms with Crippen molar-refractivity contribution in [3.8, 4) is 0 Å². The average Bonchev–Trinajstić information content (AvgIpc) is 3.15. The van der Waals surface area contributed by atoms with Gasteiger partial charge in [0.25, 0.3) is 5.91 Å². The van der Waals surface area contributed by atoms with E-state index in [-0.39, 0.29) is 17.7 Å². The number of carbonyl (C=O) groups is 2. The minimum atomic E-state index is -0.613. The fourth-order valence-electron chi connectivity index (χ4n) is 5.57. The van der Waals surface area contributed by atoms with Crippen LogP contribution in [0.2, 0.25) is 0 Å². The van der Waals surface area contributed by atoms with Gasteiger partial charge < -0.3 is 18.9 Å². The number of aromatic nitrogens is 3. The second-order valence-electron chi connectivity index (χ2n) is 10.2. The van der Waals surface area contributed by atoms with Crippen molar-refractivity contribution in [1.29, 1.82) is 0 Å². The monoisotopic (exact) mass is 439 g/mol. The van der Waals surface area contributed by atoms with Crippen LogP contribution in [0, 0.1) is 25.2 Å². The molecule has 3 aliphatic rings. The lowest BCUT2D eigenvalue weighted by molar-refractivity contribution is -0.146. The van der Waals surface area contributed by atoms with E-state index in [2.05, 4.69) is 34.7 Å². The van der Waals surface area contributed by atoms with Crippen LogP contribution in [0.3, 0.4) is 0 Å². The summed E-state index contributed by atoms with van der Waals surface area (Å²) >= 11 is 0. The molecule has 1 aliphatic carbocycles. The van der Waals surface area contributed by atoms with Gasteiger partial charge in [0.1, 0.15) is 11.3 Å². The van der Waals surface area contributed by atoms with Crippen molar-refractivity contribution < 1.29 is 14.1 Å². The van der Waals surface area contributed by atoms with Gasteiger partial charge in [-0.25, -0.2) is 4.98 Å². The molecule has 1 spiro atoms. The Morgan fingerprint density at radius 1 is 1.31 bits per heavy atom. The van der Waals surface area contributed by atoms with Crippen molar-refractivity contribution in [2.24, 2.45) is 11.3 Å². The molecule has 2 amide bonds. The molecule has 0 radical (unpaired) electrons. The van der Waals surface area contributed by atoms with Crippen LogP contribution < -0.4 is 0 Å². The first-order valence-corrected chi connectivity index (χ1v) is 11.8. The molecule has 0 unspecified atom stereocenters. The van der Waals surface area contributed by atoms with Crippen molar-refractivity contribution >= 4 is 11.8 Å². The Hall–Kier alpha value is -2.64. The molecule has 3 fully saturated rings. The van der Waals surface area contributed by atoms with E-state index in [1.807, 2.05) is 11.2 Å². The Bertz CT molecular complexity index is 1020. The van der Waals surface area contributed by atoms with E-state index in [1.165, 1.54) is 12.8 Å². The van der Waals surface area contributed by atoms with E-state index in [4.69, 9.17) is 9.51 Å². The summed E-state index contributed by atoms with van der Waals surface area (Å²) in [6.07, 6.45) is 8.10.